The molecule has 21 heavy (non-hydrogen) atoms. The number of hydrogen-bond acceptors (Lipinski definition) is 4. The number of carbonyl (C=O) groups excluding carboxylic acids is 2. The molecule has 0 spiro atoms. The van der Waals surface area contributed by atoms with Crippen molar-refractivity contribution in [2.75, 3.05) is 6.61 Å². The first-order valence-corrected chi connectivity index (χ1v) is 8.04. The number of nitrogens with zero attached hydrogens (tertiary/aromatic N) is 1. The smallest absolute Gasteiger partial charge is 0.309 e. The number of esters is 1. The molecule has 0 radical (unpaired) electrons. The second-order valence-corrected chi connectivity index (χ2v) is 6.25. The summed E-state index contributed by atoms with van der Waals surface area (Å²) in [5, 5.41) is 12.1. The van der Waals surface area contributed by atoms with Gasteiger partial charge in [-0.25, -0.2) is 0 Å². The lowest BCUT2D eigenvalue weighted by molar-refractivity contribution is -0.154. The molecule has 2 fully saturated rings. The van der Waals surface area contributed by atoms with Crippen molar-refractivity contribution in [1.82, 2.24) is 5.32 Å². The van der Waals surface area contributed by atoms with Gasteiger partial charge in [-0.1, -0.05) is 38.5 Å². The summed E-state index contributed by atoms with van der Waals surface area (Å²) in [6.45, 7) is -0.265. The average molecular weight is 292 g/mol. The van der Waals surface area contributed by atoms with Gasteiger partial charge in [0.25, 0.3) is 5.91 Å². The highest BCUT2D eigenvalue weighted by Gasteiger charge is 2.34. The van der Waals surface area contributed by atoms with Crippen LogP contribution in [-0.4, -0.2) is 24.0 Å². The average Bonchev–Trinajstić information content (AvgIpc) is 2.54. The third-order valence-corrected chi connectivity index (χ3v) is 4.58. The van der Waals surface area contributed by atoms with Gasteiger partial charge < -0.3 is 10.1 Å². The van der Waals surface area contributed by atoms with Crippen LogP contribution in [0.4, 0.5) is 0 Å². The van der Waals surface area contributed by atoms with Gasteiger partial charge in [-0.3, -0.25) is 9.59 Å². The topological polar surface area (TPSA) is 79.2 Å². The van der Waals surface area contributed by atoms with Crippen LogP contribution in [0.1, 0.15) is 64.2 Å². The van der Waals surface area contributed by atoms with Gasteiger partial charge in [-0.2, -0.15) is 5.26 Å². The number of ether oxygens (including phenoxy) is 1. The Morgan fingerprint density at radius 1 is 1.10 bits per heavy atom. The zero-order chi connectivity index (χ0) is 15.1. The highest BCUT2D eigenvalue weighted by molar-refractivity contribution is 5.82. The Labute approximate surface area is 126 Å². The second kappa shape index (κ2) is 7.44. The van der Waals surface area contributed by atoms with E-state index in [9.17, 15) is 14.9 Å². The van der Waals surface area contributed by atoms with Crippen molar-refractivity contribution in [2.24, 2.45) is 5.92 Å². The third kappa shape index (κ3) is 4.45. The molecule has 0 bridgehead atoms. The first kappa shape index (κ1) is 15.8. The van der Waals surface area contributed by atoms with E-state index in [0.717, 1.165) is 44.9 Å². The Morgan fingerprint density at radius 3 is 2.33 bits per heavy atom. The summed E-state index contributed by atoms with van der Waals surface area (Å²) in [5.41, 5.74) is -0.757. The fourth-order valence-corrected chi connectivity index (χ4v) is 3.32. The second-order valence-electron chi connectivity index (χ2n) is 6.25. The highest BCUT2D eigenvalue weighted by Crippen LogP contribution is 2.27. The van der Waals surface area contributed by atoms with Gasteiger partial charge >= 0.3 is 5.97 Å². The zero-order valence-corrected chi connectivity index (χ0v) is 12.5. The lowest BCUT2D eigenvalue weighted by Crippen LogP contribution is -2.50. The molecule has 2 aliphatic rings. The predicted octanol–water partition coefficient (Wildman–Crippen LogP) is 2.45. The van der Waals surface area contributed by atoms with Crippen LogP contribution < -0.4 is 5.32 Å². The molecule has 1 amide bonds. The van der Waals surface area contributed by atoms with Gasteiger partial charge in [0.2, 0.25) is 0 Å². The van der Waals surface area contributed by atoms with Gasteiger partial charge in [0, 0.05) is 0 Å². The number of rotatable bonds is 4. The maximum Gasteiger partial charge on any atom is 0.309 e. The predicted molar refractivity (Wildman–Crippen MR) is 77.1 cm³/mol. The maximum absolute atomic E-state index is 11.9. The molecule has 5 nitrogen and oxygen atoms in total. The van der Waals surface area contributed by atoms with Crippen LogP contribution in [-0.2, 0) is 14.3 Å². The molecule has 2 aliphatic carbocycles. The van der Waals surface area contributed by atoms with E-state index in [-0.39, 0.29) is 24.4 Å². The van der Waals surface area contributed by atoms with Crippen LogP contribution in [0.25, 0.3) is 0 Å². The van der Waals surface area contributed by atoms with Crippen LogP contribution >= 0.6 is 0 Å². The molecule has 116 valence electrons. The molecule has 0 atom stereocenters. The third-order valence-electron chi connectivity index (χ3n) is 4.58. The number of nitriles is 1. The molecule has 0 aliphatic heterocycles. The maximum atomic E-state index is 11.9. The van der Waals surface area contributed by atoms with Gasteiger partial charge in [0.05, 0.1) is 12.0 Å². The van der Waals surface area contributed by atoms with Crippen molar-refractivity contribution < 1.29 is 14.3 Å². The van der Waals surface area contributed by atoms with Gasteiger partial charge in [-0.15, -0.1) is 0 Å². The van der Waals surface area contributed by atoms with Crippen LogP contribution in [0.15, 0.2) is 0 Å². The van der Waals surface area contributed by atoms with E-state index >= 15 is 0 Å². The van der Waals surface area contributed by atoms with Crippen molar-refractivity contribution in [1.29, 1.82) is 5.26 Å². The summed E-state index contributed by atoms with van der Waals surface area (Å²) in [5.74, 6) is -0.673. The standard InChI is InChI=1S/C16H24N2O3/c17-12-16(9-5-2-6-10-16)18-14(19)11-21-15(20)13-7-3-1-4-8-13/h13H,1-11H2,(H,18,19). The molecular formula is C16H24N2O3. The van der Waals surface area contributed by atoms with Gasteiger partial charge in [0.1, 0.15) is 5.54 Å². The Kier molecular flexibility index (Phi) is 5.60. The largest absolute Gasteiger partial charge is 0.455 e. The van der Waals surface area contributed by atoms with Crippen LogP contribution in [0.3, 0.4) is 0 Å². The molecule has 1 N–H and O–H groups in total. The van der Waals surface area contributed by atoms with E-state index in [1.165, 1.54) is 6.42 Å². The minimum atomic E-state index is -0.757. The Balaban J connectivity index is 1.76. The Morgan fingerprint density at radius 2 is 1.71 bits per heavy atom. The summed E-state index contributed by atoms with van der Waals surface area (Å²) >= 11 is 0. The van der Waals surface area contributed by atoms with Crippen LogP contribution in [0, 0.1) is 17.2 Å². The number of carbonyl (C=O) groups is 2. The summed E-state index contributed by atoms with van der Waals surface area (Å²) in [4.78, 5) is 23.8. The summed E-state index contributed by atoms with van der Waals surface area (Å²) < 4.78 is 5.11. The zero-order valence-electron chi connectivity index (χ0n) is 12.5. The monoisotopic (exact) mass is 292 g/mol. The SMILES string of the molecule is N#CC1(NC(=O)COC(=O)C2CCCCC2)CCCCC1. The minimum Gasteiger partial charge on any atom is -0.455 e. The summed E-state index contributed by atoms with van der Waals surface area (Å²) in [6.07, 6.45) is 9.41. The van der Waals surface area contributed by atoms with E-state index in [1.54, 1.807) is 0 Å². The normalized spacial score (nSPS) is 22.0. The van der Waals surface area contributed by atoms with E-state index < -0.39 is 5.54 Å². The Hall–Kier alpha value is -1.57. The minimum absolute atomic E-state index is 0.0499. The van der Waals surface area contributed by atoms with E-state index in [4.69, 9.17) is 4.74 Å². The van der Waals surface area contributed by atoms with Crippen LogP contribution in [0.2, 0.25) is 0 Å². The first-order valence-electron chi connectivity index (χ1n) is 8.04. The molecule has 2 saturated carbocycles. The van der Waals surface area contributed by atoms with Crippen molar-refractivity contribution in [3.63, 3.8) is 0 Å². The first-order chi connectivity index (χ1) is 10.2. The molecule has 0 heterocycles. The molecule has 5 heteroatoms. The molecular weight excluding hydrogens is 268 g/mol. The lowest BCUT2D eigenvalue weighted by atomic mass is 9.83. The molecule has 0 aromatic carbocycles. The highest BCUT2D eigenvalue weighted by atomic mass is 16.5. The molecule has 0 aromatic heterocycles. The quantitative estimate of drug-likeness (QED) is 0.807. The molecule has 0 aromatic rings. The summed E-state index contributed by atoms with van der Waals surface area (Å²) in [7, 11) is 0. The van der Waals surface area contributed by atoms with Crippen molar-refractivity contribution in [2.45, 2.75) is 69.7 Å². The van der Waals surface area contributed by atoms with Gasteiger partial charge in [-0.05, 0) is 25.7 Å². The van der Waals surface area contributed by atoms with Crippen molar-refractivity contribution >= 4 is 11.9 Å². The van der Waals surface area contributed by atoms with E-state index in [1.807, 2.05) is 0 Å². The van der Waals surface area contributed by atoms with E-state index in [0.29, 0.717) is 12.8 Å². The Bertz CT molecular complexity index is 416. The molecule has 0 saturated heterocycles. The summed E-state index contributed by atoms with van der Waals surface area (Å²) in [6, 6.07) is 2.23. The van der Waals surface area contributed by atoms with Crippen molar-refractivity contribution in [3.05, 3.63) is 0 Å². The number of amides is 1. The van der Waals surface area contributed by atoms with E-state index in [2.05, 4.69) is 11.4 Å². The fourth-order valence-electron chi connectivity index (χ4n) is 3.32. The van der Waals surface area contributed by atoms with Crippen LogP contribution in [0.5, 0.6) is 0 Å². The number of nitrogens with one attached hydrogen (secondary N) is 1. The number of hydrogen-bond donors (Lipinski definition) is 1. The molecule has 2 rings (SSSR count). The lowest BCUT2D eigenvalue weighted by Gasteiger charge is -2.31. The van der Waals surface area contributed by atoms with Crippen molar-refractivity contribution in [3.8, 4) is 6.07 Å². The van der Waals surface area contributed by atoms with Gasteiger partial charge in [0.15, 0.2) is 6.61 Å². The fraction of sp³-hybridized carbons (Fsp3) is 0.812. The molecule has 0 unspecified atom stereocenters.